The quantitative estimate of drug-likeness (QED) is 0.0662. The topological polar surface area (TPSA) is 267 Å². The van der Waals surface area contributed by atoms with Crippen LogP contribution in [0.4, 0.5) is 5.69 Å². The van der Waals surface area contributed by atoms with Crippen molar-refractivity contribution in [3.63, 3.8) is 0 Å². The highest BCUT2D eigenvalue weighted by molar-refractivity contribution is 6.30. The molecule has 1 heterocycles. The first-order valence-electron chi connectivity index (χ1n) is 21.8. The number of nitrogens with one attached hydrogen (secondary N) is 7. The van der Waals surface area contributed by atoms with Crippen LogP contribution in [0, 0.1) is 5.92 Å². The van der Waals surface area contributed by atoms with Crippen LogP contribution in [0.15, 0.2) is 42.5 Å². The molecule has 7 amide bonds. The molecule has 2 aliphatic rings. The maximum Gasteiger partial charge on any atom is 0.245 e. The highest BCUT2D eigenvalue weighted by atomic mass is 16.2. The smallest absolute Gasteiger partial charge is 0.245 e. The minimum Gasteiger partial charge on any atom is -0.384 e. The van der Waals surface area contributed by atoms with E-state index >= 15 is 0 Å². The van der Waals surface area contributed by atoms with Crippen molar-refractivity contribution in [3.8, 4) is 0 Å². The lowest BCUT2D eigenvalue weighted by molar-refractivity contribution is -0.141. The van der Waals surface area contributed by atoms with Gasteiger partial charge in [0.25, 0.3) is 0 Å². The average molecular weight is 874 g/mol. The number of nitrogens with zero attached hydrogens (tertiary/aromatic N) is 1. The molecule has 0 bridgehead atoms. The molecule has 0 saturated carbocycles. The number of benzene rings is 2. The van der Waals surface area contributed by atoms with Gasteiger partial charge >= 0.3 is 0 Å². The van der Waals surface area contributed by atoms with Crippen LogP contribution in [0.5, 0.6) is 0 Å². The summed E-state index contributed by atoms with van der Waals surface area (Å²) in [4.78, 5) is 119. The van der Waals surface area contributed by atoms with Gasteiger partial charge in [-0.05, 0) is 64.9 Å². The Morgan fingerprint density at radius 1 is 0.714 bits per heavy atom. The Morgan fingerprint density at radius 3 is 2.00 bits per heavy atom. The van der Waals surface area contributed by atoms with Crippen molar-refractivity contribution in [2.75, 3.05) is 31.5 Å². The van der Waals surface area contributed by atoms with Gasteiger partial charge in [-0.2, -0.15) is 0 Å². The number of hydrogen-bond donors (Lipinski definition) is 8. The van der Waals surface area contributed by atoms with Gasteiger partial charge in [0.15, 0.2) is 11.6 Å². The summed E-state index contributed by atoms with van der Waals surface area (Å²) in [5, 5.41) is 19.0. The lowest BCUT2D eigenvalue weighted by atomic mass is 9.83. The fourth-order valence-corrected chi connectivity index (χ4v) is 7.45. The summed E-state index contributed by atoms with van der Waals surface area (Å²) in [6.07, 6.45) is 3.36. The maximum atomic E-state index is 13.9. The Morgan fingerprint density at radius 2 is 1.35 bits per heavy atom. The van der Waals surface area contributed by atoms with Crippen LogP contribution >= 0.6 is 0 Å². The van der Waals surface area contributed by atoms with Gasteiger partial charge in [0.2, 0.25) is 41.4 Å². The van der Waals surface area contributed by atoms with Crippen molar-refractivity contribution in [1.29, 1.82) is 0 Å². The first-order chi connectivity index (χ1) is 29.9. The summed E-state index contributed by atoms with van der Waals surface area (Å²) in [7, 11) is 0. The van der Waals surface area contributed by atoms with E-state index in [1.165, 1.54) is 25.7 Å². The normalized spacial score (nSPS) is 16.6. The molecule has 0 unspecified atom stereocenters. The minimum absolute atomic E-state index is 0.00537. The first-order valence-corrected chi connectivity index (χ1v) is 21.8. The molecule has 4 rings (SSSR count). The van der Waals surface area contributed by atoms with E-state index in [-0.39, 0.29) is 42.8 Å². The van der Waals surface area contributed by atoms with Crippen LogP contribution in [-0.2, 0) is 33.6 Å². The number of fused-ring (bicyclic) bond motifs is 2. The summed E-state index contributed by atoms with van der Waals surface area (Å²) < 4.78 is 0. The van der Waals surface area contributed by atoms with Gasteiger partial charge < -0.3 is 47.9 Å². The zero-order valence-electron chi connectivity index (χ0n) is 37.1. The molecular weight excluding hydrogens is 811 g/mol. The molecule has 2 aromatic rings. The second-order valence-corrected chi connectivity index (χ2v) is 16.6. The molecule has 0 radical (unpaired) electrons. The third-order valence-electron chi connectivity index (χ3n) is 10.9. The Balaban J connectivity index is 1.27. The van der Waals surface area contributed by atoms with Crippen molar-refractivity contribution in [2.45, 2.75) is 123 Å². The Labute approximate surface area is 368 Å². The maximum absolute atomic E-state index is 13.9. The predicted octanol–water partition coefficient (Wildman–Crippen LogP) is 1.05. The second kappa shape index (κ2) is 23.3. The molecule has 1 aliphatic heterocycles. The van der Waals surface area contributed by atoms with E-state index in [0.717, 1.165) is 0 Å². The molecule has 1 fully saturated rings. The molecule has 63 heavy (non-hydrogen) atoms. The highest BCUT2D eigenvalue weighted by Crippen LogP contribution is 2.32. The average Bonchev–Trinajstić information content (AvgIpc) is 3.75. The Kier molecular flexibility index (Phi) is 18.3. The SMILES string of the molecule is CCCC[C@H](NC(=O)[C@H](C)NC(=O)[C@H](C)NC(=O)[C@@H](C)N)C(=O)NCC(=O)N[C@@H](CC(C)C)C(=O)N1CCC[C@H]1C(=O)NCCCNc1cccc2c1C(=O)c1ccccc1C2=O. The van der Waals surface area contributed by atoms with E-state index in [9.17, 15) is 43.2 Å². The lowest BCUT2D eigenvalue weighted by Gasteiger charge is -2.29. The third kappa shape index (κ3) is 13.4. The van der Waals surface area contributed by atoms with Crippen molar-refractivity contribution >= 4 is 58.6 Å². The summed E-state index contributed by atoms with van der Waals surface area (Å²) >= 11 is 0. The summed E-state index contributed by atoms with van der Waals surface area (Å²) in [5.74, 6) is -4.24. The number of anilines is 1. The molecular formula is C45H63N9O9. The first kappa shape index (κ1) is 49.5. The van der Waals surface area contributed by atoms with E-state index < -0.39 is 78.2 Å². The number of rotatable bonds is 22. The molecule has 0 spiro atoms. The number of carbonyl (C=O) groups is 9. The Bertz CT molecular complexity index is 2040. The van der Waals surface area contributed by atoms with Gasteiger partial charge in [-0.3, -0.25) is 43.2 Å². The molecule has 9 N–H and O–H groups in total. The van der Waals surface area contributed by atoms with Crippen molar-refractivity contribution in [3.05, 3.63) is 64.7 Å². The number of likely N-dealkylation sites (tertiary alicyclic amines) is 1. The van der Waals surface area contributed by atoms with Gasteiger partial charge in [0, 0.05) is 42.0 Å². The molecule has 2 aromatic carbocycles. The van der Waals surface area contributed by atoms with Crippen molar-refractivity contribution in [1.82, 2.24) is 36.8 Å². The third-order valence-corrected chi connectivity index (χ3v) is 10.9. The fourth-order valence-electron chi connectivity index (χ4n) is 7.45. The van der Waals surface area contributed by atoms with Gasteiger partial charge in [-0.15, -0.1) is 0 Å². The predicted molar refractivity (Wildman–Crippen MR) is 235 cm³/mol. The number of ketones is 2. The van der Waals surface area contributed by atoms with Crippen molar-refractivity contribution < 1.29 is 43.2 Å². The molecule has 1 aliphatic carbocycles. The molecule has 1 saturated heterocycles. The highest BCUT2D eigenvalue weighted by Gasteiger charge is 2.38. The number of amides is 7. The summed E-state index contributed by atoms with van der Waals surface area (Å²) in [6.45, 7) is 10.6. The van der Waals surface area contributed by atoms with E-state index in [0.29, 0.717) is 73.1 Å². The largest absolute Gasteiger partial charge is 0.384 e. The summed E-state index contributed by atoms with van der Waals surface area (Å²) in [6, 6.07) is 6.25. The lowest BCUT2D eigenvalue weighted by Crippen LogP contribution is -2.57. The molecule has 18 heteroatoms. The van der Waals surface area contributed by atoms with Crippen LogP contribution in [0.1, 0.15) is 118 Å². The zero-order chi connectivity index (χ0) is 46.4. The van der Waals surface area contributed by atoms with Crippen LogP contribution < -0.4 is 43.0 Å². The monoisotopic (exact) mass is 873 g/mol. The van der Waals surface area contributed by atoms with Crippen molar-refractivity contribution in [2.24, 2.45) is 11.7 Å². The minimum atomic E-state index is -1.06. The molecule has 18 nitrogen and oxygen atoms in total. The number of hydrogen-bond acceptors (Lipinski definition) is 11. The van der Waals surface area contributed by atoms with Gasteiger partial charge in [-0.25, -0.2) is 0 Å². The van der Waals surface area contributed by atoms with Gasteiger partial charge in [-0.1, -0.05) is 70.0 Å². The summed E-state index contributed by atoms with van der Waals surface area (Å²) in [5.41, 5.74) is 7.47. The van der Waals surface area contributed by atoms with Gasteiger partial charge in [0.1, 0.15) is 30.2 Å². The van der Waals surface area contributed by atoms with Crippen LogP contribution in [0.3, 0.4) is 0 Å². The Hall–Kier alpha value is -6.17. The van der Waals surface area contributed by atoms with E-state index in [1.807, 2.05) is 20.8 Å². The van der Waals surface area contributed by atoms with Crippen LogP contribution in [0.2, 0.25) is 0 Å². The molecule has 342 valence electrons. The van der Waals surface area contributed by atoms with E-state index in [2.05, 4.69) is 37.2 Å². The zero-order valence-corrected chi connectivity index (χ0v) is 37.1. The van der Waals surface area contributed by atoms with E-state index in [4.69, 9.17) is 5.73 Å². The number of carbonyl (C=O) groups excluding carboxylic acids is 9. The van der Waals surface area contributed by atoms with E-state index in [1.54, 1.807) is 42.5 Å². The van der Waals surface area contributed by atoms with Crippen LogP contribution in [-0.4, -0.2) is 120 Å². The fraction of sp³-hybridized carbons (Fsp3) is 0.533. The molecule has 0 aromatic heterocycles. The van der Waals surface area contributed by atoms with Gasteiger partial charge in [0.05, 0.1) is 18.2 Å². The standard InChI is InChI=1S/C45H63N9O9/c1-7-8-17-33(53-42(60)28(6)51-41(59)27(5)50-40(58)26(4)46)43(61)49-24-36(55)52-34(23-25(2)3)45(63)54-22-12-19-35(54)44(62)48-21-13-20-47-32-18-11-16-31-37(32)39(57)30-15-10-9-14-29(30)38(31)56/h9-11,14-16,18,25-28,33-35,47H,7-8,12-13,17,19-24,46H2,1-6H3,(H,48,62)(H,49,61)(H,50,58)(H,51,59)(H,52,55)(H,53,60)/t26-,27+,28+,33+,34+,35+/m1/s1. The van der Waals surface area contributed by atoms with Crippen LogP contribution in [0.25, 0.3) is 0 Å². The second-order valence-electron chi connectivity index (χ2n) is 16.6. The number of nitrogens with two attached hydrogens (primary N) is 1. The molecule has 6 atom stereocenters. The number of unbranched alkanes of at least 4 members (excludes halogenated alkanes) is 1.